The Morgan fingerprint density at radius 1 is 1.62 bits per heavy atom. The molecule has 0 amide bonds. The van der Waals surface area contributed by atoms with E-state index in [9.17, 15) is 0 Å². The molecule has 2 unspecified atom stereocenters. The molecule has 1 aliphatic heterocycles. The maximum absolute atomic E-state index is 3.43. The molecule has 0 aromatic rings. The van der Waals surface area contributed by atoms with Crippen molar-refractivity contribution in [3.63, 3.8) is 0 Å². The first kappa shape index (κ1) is 11.3. The molecule has 1 fully saturated rings. The van der Waals surface area contributed by atoms with Crippen LogP contribution in [-0.2, 0) is 0 Å². The second-order valence-corrected chi connectivity index (χ2v) is 5.12. The Balaban J connectivity index is 2.30. The Labute approximate surface area is 86.5 Å². The van der Waals surface area contributed by atoms with Crippen LogP contribution in [0.15, 0.2) is 0 Å². The van der Waals surface area contributed by atoms with E-state index >= 15 is 0 Å². The molecule has 0 aromatic carbocycles. The quantitative estimate of drug-likeness (QED) is 0.742. The van der Waals surface area contributed by atoms with Gasteiger partial charge in [0.15, 0.2) is 0 Å². The zero-order valence-electron chi connectivity index (χ0n) is 9.05. The lowest BCUT2D eigenvalue weighted by Crippen LogP contribution is -2.53. The van der Waals surface area contributed by atoms with Crippen molar-refractivity contribution in [3.8, 4) is 0 Å². The number of piperazine rings is 1. The summed E-state index contributed by atoms with van der Waals surface area (Å²) in [6.45, 7) is 10.4. The smallest absolute Gasteiger partial charge is 0.0196 e. The minimum atomic E-state index is 0.709. The molecule has 1 heterocycles. The van der Waals surface area contributed by atoms with E-state index in [0.717, 1.165) is 19.1 Å². The molecule has 2 atom stereocenters. The Bertz CT molecular complexity index is 141. The lowest BCUT2D eigenvalue weighted by Gasteiger charge is -2.38. The Kier molecular flexibility index (Phi) is 5.14. The van der Waals surface area contributed by atoms with E-state index < -0.39 is 0 Å². The third-order valence-corrected chi connectivity index (χ3v) is 3.81. The molecule has 0 bridgehead atoms. The molecule has 1 N–H and O–H groups in total. The third-order valence-electron chi connectivity index (χ3n) is 2.68. The van der Waals surface area contributed by atoms with Gasteiger partial charge in [-0.2, -0.15) is 11.8 Å². The average Bonchev–Trinajstić information content (AvgIpc) is 2.15. The number of rotatable bonds is 4. The number of hydrogen-bond donors (Lipinski definition) is 1. The molecule has 0 spiro atoms. The Morgan fingerprint density at radius 3 is 3.00 bits per heavy atom. The van der Waals surface area contributed by atoms with Gasteiger partial charge in [-0.05, 0) is 19.6 Å². The molecule has 3 heteroatoms. The van der Waals surface area contributed by atoms with E-state index in [2.05, 4.69) is 31.0 Å². The van der Waals surface area contributed by atoms with Gasteiger partial charge in [-0.3, -0.25) is 4.90 Å². The van der Waals surface area contributed by atoms with Gasteiger partial charge in [0.1, 0.15) is 0 Å². The highest BCUT2D eigenvalue weighted by atomic mass is 32.2. The van der Waals surface area contributed by atoms with Crippen LogP contribution in [0.3, 0.4) is 0 Å². The van der Waals surface area contributed by atoms with Gasteiger partial charge < -0.3 is 5.32 Å². The van der Waals surface area contributed by atoms with Crippen molar-refractivity contribution in [2.75, 3.05) is 31.1 Å². The van der Waals surface area contributed by atoms with E-state index in [4.69, 9.17) is 0 Å². The van der Waals surface area contributed by atoms with Gasteiger partial charge in [0.05, 0.1) is 0 Å². The van der Waals surface area contributed by atoms with Crippen molar-refractivity contribution >= 4 is 11.8 Å². The van der Waals surface area contributed by atoms with Crippen molar-refractivity contribution in [2.45, 2.75) is 32.9 Å². The SMILES string of the molecule is CCSCC(C)N1CCNCC1C. The molecular formula is C10H22N2S. The highest BCUT2D eigenvalue weighted by Gasteiger charge is 2.22. The normalized spacial score (nSPS) is 27.5. The predicted molar refractivity (Wildman–Crippen MR) is 61.5 cm³/mol. The Morgan fingerprint density at radius 2 is 2.38 bits per heavy atom. The van der Waals surface area contributed by atoms with Crippen LogP contribution >= 0.6 is 11.8 Å². The van der Waals surface area contributed by atoms with E-state index in [1.54, 1.807) is 0 Å². The van der Waals surface area contributed by atoms with Crippen LogP contribution in [-0.4, -0.2) is 48.1 Å². The van der Waals surface area contributed by atoms with Gasteiger partial charge in [-0.25, -0.2) is 0 Å². The van der Waals surface area contributed by atoms with Gasteiger partial charge in [0, 0.05) is 37.5 Å². The molecule has 13 heavy (non-hydrogen) atoms. The van der Waals surface area contributed by atoms with Crippen LogP contribution in [0.1, 0.15) is 20.8 Å². The van der Waals surface area contributed by atoms with Crippen LogP contribution in [0.5, 0.6) is 0 Å². The van der Waals surface area contributed by atoms with Crippen molar-refractivity contribution in [2.24, 2.45) is 0 Å². The minimum absolute atomic E-state index is 0.709. The van der Waals surface area contributed by atoms with Gasteiger partial charge in [0.2, 0.25) is 0 Å². The van der Waals surface area contributed by atoms with Crippen LogP contribution in [0.2, 0.25) is 0 Å². The highest BCUT2D eigenvalue weighted by molar-refractivity contribution is 7.99. The molecule has 0 radical (unpaired) electrons. The van der Waals surface area contributed by atoms with Crippen LogP contribution < -0.4 is 5.32 Å². The largest absolute Gasteiger partial charge is 0.314 e. The summed E-state index contributed by atoms with van der Waals surface area (Å²) in [7, 11) is 0. The number of thioether (sulfide) groups is 1. The average molecular weight is 202 g/mol. The van der Waals surface area contributed by atoms with Crippen LogP contribution in [0, 0.1) is 0 Å². The van der Waals surface area contributed by atoms with Crippen LogP contribution in [0.4, 0.5) is 0 Å². The van der Waals surface area contributed by atoms with Gasteiger partial charge in [-0.15, -0.1) is 0 Å². The zero-order chi connectivity index (χ0) is 9.68. The summed E-state index contributed by atoms with van der Waals surface area (Å²) in [6, 6.07) is 1.45. The van der Waals surface area contributed by atoms with Crippen molar-refractivity contribution in [1.82, 2.24) is 10.2 Å². The fraction of sp³-hybridized carbons (Fsp3) is 1.00. The number of nitrogens with one attached hydrogen (secondary N) is 1. The monoisotopic (exact) mass is 202 g/mol. The van der Waals surface area contributed by atoms with E-state index in [-0.39, 0.29) is 0 Å². The minimum Gasteiger partial charge on any atom is -0.314 e. The number of hydrogen-bond acceptors (Lipinski definition) is 3. The van der Waals surface area contributed by atoms with Gasteiger partial charge >= 0.3 is 0 Å². The molecule has 78 valence electrons. The summed E-state index contributed by atoms with van der Waals surface area (Å²) < 4.78 is 0. The first-order chi connectivity index (χ1) is 6.25. The summed E-state index contributed by atoms with van der Waals surface area (Å²) in [5.74, 6) is 2.52. The fourth-order valence-corrected chi connectivity index (χ4v) is 2.66. The summed E-state index contributed by atoms with van der Waals surface area (Å²) in [4.78, 5) is 2.62. The van der Waals surface area contributed by atoms with Crippen molar-refractivity contribution in [3.05, 3.63) is 0 Å². The molecule has 1 aliphatic rings. The molecule has 0 saturated carbocycles. The standard InChI is InChI=1S/C10H22N2S/c1-4-13-8-10(3)12-6-5-11-7-9(12)2/h9-11H,4-8H2,1-3H3. The molecular weight excluding hydrogens is 180 g/mol. The topological polar surface area (TPSA) is 15.3 Å². The first-order valence-electron chi connectivity index (χ1n) is 5.30. The van der Waals surface area contributed by atoms with Crippen molar-refractivity contribution < 1.29 is 0 Å². The predicted octanol–water partition coefficient (Wildman–Crippen LogP) is 1.42. The maximum Gasteiger partial charge on any atom is 0.0196 e. The summed E-state index contributed by atoms with van der Waals surface area (Å²) in [5, 5.41) is 3.43. The van der Waals surface area contributed by atoms with E-state index in [1.165, 1.54) is 18.1 Å². The first-order valence-corrected chi connectivity index (χ1v) is 6.45. The number of nitrogens with zero attached hydrogens (tertiary/aromatic N) is 1. The molecule has 0 aliphatic carbocycles. The summed E-state index contributed by atoms with van der Waals surface area (Å²) in [6.07, 6.45) is 0. The van der Waals surface area contributed by atoms with Crippen LogP contribution in [0.25, 0.3) is 0 Å². The van der Waals surface area contributed by atoms with E-state index in [0.29, 0.717) is 6.04 Å². The molecule has 1 rings (SSSR count). The molecule has 2 nitrogen and oxygen atoms in total. The van der Waals surface area contributed by atoms with E-state index in [1.807, 2.05) is 11.8 Å². The second-order valence-electron chi connectivity index (χ2n) is 3.80. The lowest BCUT2D eigenvalue weighted by atomic mass is 10.2. The van der Waals surface area contributed by atoms with Crippen molar-refractivity contribution in [1.29, 1.82) is 0 Å². The van der Waals surface area contributed by atoms with Gasteiger partial charge in [-0.1, -0.05) is 6.92 Å². The summed E-state index contributed by atoms with van der Waals surface area (Å²) >= 11 is 2.05. The summed E-state index contributed by atoms with van der Waals surface area (Å²) in [5.41, 5.74) is 0. The lowest BCUT2D eigenvalue weighted by molar-refractivity contribution is 0.137. The highest BCUT2D eigenvalue weighted by Crippen LogP contribution is 2.12. The molecule has 0 aromatic heterocycles. The maximum atomic E-state index is 3.43. The fourth-order valence-electron chi connectivity index (χ4n) is 1.90. The third kappa shape index (κ3) is 3.49. The second kappa shape index (κ2) is 5.89. The van der Waals surface area contributed by atoms with Gasteiger partial charge in [0.25, 0.3) is 0 Å². The Hall–Kier alpha value is 0.270. The molecule has 1 saturated heterocycles. The zero-order valence-corrected chi connectivity index (χ0v) is 9.86.